The van der Waals surface area contributed by atoms with Crippen LogP contribution in [0.4, 0.5) is 8.78 Å². The highest BCUT2D eigenvalue weighted by Crippen LogP contribution is 2.30. The molecular weight excluding hydrogens is 222 g/mol. The maximum Gasteiger partial charge on any atom is 0.137 e. The molecule has 4 heteroatoms. The van der Waals surface area contributed by atoms with Gasteiger partial charge in [-0.15, -0.1) is 0 Å². The van der Waals surface area contributed by atoms with Crippen LogP contribution in [-0.4, -0.2) is 9.78 Å². The van der Waals surface area contributed by atoms with Crippen LogP contribution in [-0.2, 0) is 7.05 Å². The van der Waals surface area contributed by atoms with E-state index < -0.39 is 11.6 Å². The third-order valence-electron chi connectivity index (χ3n) is 2.72. The van der Waals surface area contributed by atoms with Crippen LogP contribution >= 0.6 is 0 Å². The highest BCUT2D eigenvalue weighted by Gasteiger charge is 2.17. The summed E-state index contributed by atoms with van der Waals surface area (Å²) in [5.74, 6) is -1.18. The minimum atomic E-state index is -0.495. The minimum Gasteiger partial charge on any atom is -0.275 e. The van der Waals surface area contributed by atoms with Gasteiger partial charge in [0, 0.05) is 29.9 Å². The molecule has 0 saturated heterocycles. The second kappa shape index (κ2) is 4.28. The minimum absolute atomic E-state index is 0.131. The zero-order valence-electron chi connectivity index (χ0n) is 10.0. The molecule has 2 nitrogen and oxygen atoms in total. The fraction of sp³-hybridized carbons (Fsp3) is 0.308. The predicted octanol–water partition coefficient (Wildman–Crippen LogP) is 3.49. The van der Waals surface area contributed by atoms with Crippen molar-refractivity contribution in [3.05, 3.63) is 41.7 Å². The smallest absolute Gasteiger partial charge is 0.137 e. The SMILES string of the molecule is CC(C)c1c(F)ccc(-c2cnn(C)c2)c1F. The van der Waals surface area contributed by atoms with Gasteiger partial charge in [0.2, 0.25) is 0 Å². The van der Waals surface area contributed by atoms with Crippen LogP contribution in [0.5, 0.6) is 0 Å². The molecule has 2 aromatic rings. The van der Waals surface area contributed by atoms with Gasteiger partial charge < -0.3 is 0 Å². The molecule has 0 aliphatic heterocycles. The molecule has 1 aromatic carbocycles. The molecule has 0 fully saturated rings. The van der Waals surface area contributed by atoms with E-state index in [1.54, 1.807) is 38.0 Å². The van der Waals surface area contributed by atoms with Gasteiger partial charge in [-0.2, -0.15) is 5.10 Å². The average Bonchev–Trinajstić information content (AvgIpc) is 2.64. The van der Waals surface area contributed by atoms with Crippen LogP contribution in [0.15, 0.2) is 24.5 Å². The van der Waals surface area contributed by atoms with E-state index in [-0.39, 0.29) is 11.5 Å². The molecule has 0 N–H and O–H groups in total. The summed E-state index contributed by atoms with van der Waals surface area (Å²) in [6.07, 6.45) is 3.28. The van der Waals surface area contributed by atoms with Crippen LogP contribution in [0.3, 0.4) is 0 Å². The molecule has 0 amide bonds. The van der Waals surface area contributed by atoms with Crippen molar-refractivity contribution in [3.63, 3.8) is 0 Å². The third kappa shape index (κ3) is 2.07. The lowest BCUT2D eigenvalue weighted by molar-refractivity contribution is 0.544. The Balaban J connectivity index is 2.60. The summed E-state index contributed by atoms with van der Waals surface area (Å²) in [5.41, 5.74) is 1.18. The van der Waals surface area contributed by atoms with Gasteiger partial charge in [0.25, 0.3) is 0 Å². The molecule has 0 unspecified atom stereocenters. The molecule has 2 rings (SSSR count). The maximum atomic E-state index is 14.2. The number of hydrogen-bond acceptors (Lipinski definition) is 1. The summed E-state index contributed by atoms with van der Waals surface area (Å²) >= 11 is 0. The van der Waals surface area contributed by atoms with Crippen molar-refractivity contribution in [2.45, 2.75) is 19.8 Å². The van der Waals surface area contributed by atoms with Crippen LogP contribution in [0.25, 0.3) is 11.1 Å². The molecule has 0 saturated carbocycles. The van der Waals surface area contributed by atoms with Crippen molar-refractivity contribution in [2.75, 3.05) is 0 Å². The van der Waals surface area contributed by atoms with Gasteiger partial charge in [0.15, 0.2) is 0 Å². The number of benzene rings is 1. The van der Waals surface area contributed by atoms with Crippen molar-refractivity contribution < 1.29 is 8.78 Å². The average molecular weight is 236 g/mol. The van der Waals surface area contributed by atoms with Crippen LogP contribution in [0.2, 0.25) is 0 Å². The zero-order valence-corrected chi connectivity index (χ0v) is 10.0. The Kier molecular flexibility index (Phi) is 2.96. The molecule has 1 aromatic heterocycles. The summed E-state index contributed by atoms with van der Waals surface area (Å²) in [4.78, 5) is 0. The van der Waals surface area contributed by atoms with Gasteiger partial charge in [0.1, 0.15) is 11.6 Å². The van der Waals surface area contributed by atoms with Gasteiger partial charge in [-0.25, -0.2) is 8.78 Å². The normalized spacial score (nSPS) is 11.2. The Labute approximate surface area is 98.9 Å². The third-order valence-corrected chi connectivity index (χ3v) is 2.72. The second-order valence-corrected chi connectivity index (χ2v) is 4.38. The van der Waals surface area contributed by atoms with Crippen molar-refractivity contribution in [2.24, 2.45) is 7.05 Å². The molecule has 0 radical (unpaired) electrons. The Morgan fingerprint density at radius 3 is 2.47 bits per heavy atom. The first-order valence-electron chi connectivity index (χ1n) is 5.47. The van der Waals surface area contributed by atoms with Gasteiger partial charge in [0.05, 0.1) is 6.20 Å². The first-order chi connectivity index (χ1) is 8.00. The fourth-order valence-electron chi connectivity index (χ4n) is 1.88. The van der Waals surface area contributed by atoms with Crippen molar-refractivity contribution >= 4 is 0 Å². The predicted molar refractivity (Wildman–Crippen MR) is 62.6 cm³/mol. The van der Waals surface area contributed by atoms with E-state index in [1.807, 2.05) is 0 Å². The number of halogens is 2. The fourth-order valence-corrected chi connectivity index (χ4v) is 1.88. The summed E-state index contributed by atoms with van der Waals surface area (Å²) in [7, 11) is 1.76. The molecule has 90 valence electrons. The maximum absolute atomic E-state index is 14.2. The van der Waals surface area contributed by atoms with Gasteiger partial charge in [-0.3, -0.25) is 4.68 Å². The van der Waals surface area contributed by atoms with E-state index in [2.05, 4.69) is 5.10 Å². The van der Waals surface area contributed by atoms with E-state index in [0.717, 1.165) is 0 Å². The standard InChI is InChI=1S/C13H14F2N2/c1-8(2)12-11(14)5-4-10(13(12)15)9-6-16-17(3)7-9/h4-8H,1-3H3. The van der Waals surface area contributed by atoms with Crippen molar-refractivity contribution in [1.29, 1.82) is 0 Å². The molecule has 1 heterocycles. The Bertz CT molecular complexity index is 544. The highest BCUT2D eigenvalue weighted by atomic mass is 19.1. The largest absolute Gasteiger partial charge is 0.275 e. The molecule has 17 heavy (non-hydrogen) atoms. The summed E-state index contributed by atoms with van der Waals surface area (Å²) in [6, 6.07) is 2.76. The number of rotatable bonds is 2. The topological polar surface area (TPSA) is 17.8 Å². The molecule has 0 aliphatic carbocycles. The van der Waals surface area contributed by atoms with E-state index >= 15 is 0 Å². The number of hydrogen-bond donors (Lipinski definition) is 0. The Hall–Kier alpha value is -1.71. The Morgan fingerprint density at radius 2 is 1.94 bits per heavy atom. The first-order valence-corrected chi connectivity index (χ1v) is 5.47. The highest BCUT2D eigenvalue weighted by molar-refractivity contribution is 5.64. The number of aryl methyl sites for hydroxylation is 1. The Morgan fingerprint density at radius 1 is 1.24 bits per heavy atom. The number of aromatic nitrogens is 2. The quantitative estimate of drug-likeness (QED) is 0.780. The second-order valence-electron chi connectivity index (χ2n) is 4.38. The summed E-state index contributed by atoms with van der Waals surface area (Å²) in [6.45, 7) is 3.54. The van der Waals surface area contributed by atoms with Gasteiger partial charge in [-0.05, 0) is 18.1 Å². The molecule has 0 spiro atoms. The lowest BCUT2D eigenvalue weighted by Crippen LogP contribution is -2.00. The summed E-state index contributed by atoms with van der Waals surface area (Å²) < 4.78 is 29.3. The van der Waals surface area contributed by atoms with E-state index in [9.17, 15) is 8.78 Å². The summed E-state index contributed by atoms with van der Waals surface area (Å²) in [5, 5.41) is 3.99. The van der Waals surface area contributed by atoms with Crippen LogP contribution < -0.4 is 0 Å². The van der Waals surface area contributed by atoms with Crippen molar-refractivity contribution in [1.82, 2.24) is 9.78 Å². The van der Waals surface area contributed by atoms with Crippen molar-refractivity contribution in [3.8, 4) is 11.1 Å². The van der Waals surface area contributed by atoms with Gasteiger partial charge in [-0.1, -0.05) is 13.8 Å². The monoisotopic (exact) mass is 236 g/mol. The van der Waals surface area contributed by atoms with E-state index in [4.69, 9.17) is 0 Å². The molecule has 0 atom stereocenters. The molecule has 0 bridgehead atoms. The number of nitrogens with zero attached hydrogens (tertiary/aromatic N) is 2. The lowest BCUT2D eigenvalue weighted by atomic mass is 9.97. The zero-order chi connectivity index (χ0) is 12.6. The van der Waals surface area contributed by atoms with E-state index in [1.165, 1.54) is 12.1 Å². The molecule has 0 aliphatic rings. The van der Waals surface area contributed by atoms with Crippen LogP contribution in [0.1, 0.15) is 25.3 Å². The van der Waals surface area contributed by atoms with Crippen LogP contribution in [0, 0.1) is 11.6 Å². The lowest BCUT2D eigenvalue weighted by Gasteiger charge is -2.11. The first kappa shape index (κ1) is 11.8. The molecular formula is C13H14F2N2. The van der Waals surface area contributed by atoms with E-state index in [0.29, 0.717) is 11.1 Å². The van der Waals surface area contributed by atoms with Gasteiger partial charge >= 0.3 is 0 Å².